The first-order valence-electron chi connectivity index (χ1n) is 8.39. The number of carbonyl (C=O) groups is 2. The summed E-state index contributed by atoms with van der Waals surface area (Å²) in [4.78, 5) is 25.1. The Morgan fingerprint density at radius 2 is 1.81 bits per heavy atom. The van der Waals surface area contributed by atoms with Crippen molar-refractivity contribution in [1.29, 1.82) is 0 Å². The molecule has 0 bridgehead atoms. The minimum absolute atomic E-state index is 0.0562. The van der Waals surface area contributed by atoms with E-state index >= 15 is 0 Å². The summed E-state index contributed by atoms with van der Waals surface area (Å²) in [6, 6.07) is 0.503. The molecule has 1 unspecified atom stereocenters. The lowest BCUT2D eigenvalue weighted by Gasteiger charge is -2.31. The van der Waals surface area contributed by atoms with Crippen molar-refractivity contribution in [3.8, 4) is 0 Å². The van der Waals surface area contributed by atoms with Gasteiger partial charge in [-0.25, -0.2) is 0 Å². The third kappa shape index (κ3) is 4.99. The van der Waals surface area contributed by atoms with Gasteiger partial charge in [-0.15, -0.1) is 0 Å². The Labute approximate surface area is 127 Å². The van der Waals surface area contributed by atoms with Crippen LogP contribution >= 0.6 is 0 Å². The van der Waals surface area contributed by atoms with E-state index in [0.717, 1.165) is 24.2 Å². The average Bonchev–Trinajstić information content (AvgIpc) is 3.24. The van der Waals surface area contributed by atoms with Crippen molar-refractivity contribution in [2.75, 3.05) is 13.6 Å². The third-order valence-corrected chi connectivity index (χ3v) is 4.95. The van der Waals surface area contributed by atoms with Crippen LogP contribution in [0.15, 0.2) is 0 Å². The quantitative estimate of drug-likeness (QED) is 0.639. The second kappa shape index (κ2) is 7.25. The molecule has 3 N–H and O–H groups in total. The Hall–Kier alpha value is -1.10. The molecular weight excluding hydrogens is 266 g/mol. The van der Waals surface area contributed by atoms with E-state index in [9.17, 15) is 9.59 Å². The van der Waals surface area contributed by atoms with E-state index in [1.807, 2.05) is 14.0 Å². The van der Waals surface area contributed by atoms with Gasteiger partial charge in [0.05, 0.1) is 7.05 Å². The molecule has 2 aliphatic carbocycles. The van der Waals surface area contributed by atoms with Gasteiger partial charge in [0.15, 0.2) is 12.6 Å². The molecule has 0 aromatic carbocycles. The van der Waals surface area contributed by atoms with Gasteiger partial charge in [0, 0.05) is 12.1 Å². The van der Waals surface area contributed by atoms with E-state index in [2.05, 4.69) is 17.6 Å². The maximum atomic E-state index is 12.4. The van der Waals surface area contributed by atoms with E-state index in [1.165, 1.54) is 19.3 Å². The van der Waals surface area contributed by atoms with E-state index < -0.39 is 0 Å². The molecule has 21 heavy (non-hydrogen) atoms. The first-order chi connectivity index (χ1) is 9.97. The van der Waals surface area contributed by atoms with Gasteiger partial charge >= 0.3 is 0 Å². The van der Waals surface area contributed by atoms with Crippen molar-refractivity contribution in [3.05, 3.63) is 0 Å². The highest BCUT2D eigenvalue weighted by molar-refractivity contribution is 5.81. The standard InChI is InChI=1S/C16H29N3O2/c1-11-6-4-5-7-14(11)18-16(21)12(2)19(3)10-15(20)17-13-8-9-13/h11-14H,4-10H2,1-3H3,(H,17,20)(H,18,21)/p+1/t11-,12-,14+/m1/s1. The molecule has 5 nitrogen and oxygen atoms in total. The van der Waals surface area contributed by atoms with Crippen LogP contribution in [-0.4, -0.2) is 43.5 Å². The summed E-state index contributed by atoms with van der Waals surface area (Å²) >= 11 is 0. The number of hydrogen-bond acceptors (Lipinski definition) is 2. The molecule has 4 atom stereocenters. The zero-order chi connectivity index (χ0) is 15.4. The van der Waals surface area contributed by atoms with Crippen LogP contribution in [0.1, 0.15) is 52.4 Å². The zero-order valence-electron chi connectivity index (χ0n) is 13.6. The van der Waals surface area contributed by atoms with Crippen molar-refractivity contribution in [3.63, 3.8) is 0 Å². The molecule has 5 heteroatoms. The smallest absolute Gasteiger partial charge is 0.278 e. The molecule has 0 radical (unpaired) electrons. The van der Waals surface area contributed by atoms with Gasteiger partial charge in [0.1, 0.15) is 0 Å². The molecule has 2 aliphatic rings. The minimum Gasteiger partial charge on any atom is -0.348 e. The lowest BCUT2D eigenvalue weighted by atomic mass is 9.86. The highest BCUT2D eigenvalue weighted by atomic mass is 16.2. The molecule has 2 rings (SSSR count). The van der Waals surface area contributed by atoms with Crippen LogP contribution < -0.4 is 15.5 Å². The molecule has 0 saturated heterocycles. The lowest BCUT2D eigenvalue weighted by molar-refractivity contribution is -0.886. The molecule has 0 aliphatic heterocycles. The first kappa shape index (κ1) is 16.3. The summed E-state index contributed by atoms with van der Waals surface area (Å²) < 4.78 is 0. The summed E-state index contributed by atoms with van der Waals surface area (Å²) in [6.45, 7) is 4.49. The van der Waals surface area contributed by atoms with Crippen LogP contribution in [-0.2, 0) is 9.59 Å². The molecule has 2 saturated carbocycles. The van der Waals surface area contributed by atoms with Crippen LogP contribution in [0, 0.1) is 5.92 Å². The van der Waals surface area contributed by atoms with Crippen LogP contribution in [0.3, 0.4) is 0 Å². The van der Waals surface area contributed by atoms with E-state index in [0.29, 0.717) is 24.5 Å². The number of nitrogens with one attached hydrogen (secondary N) is 3. The zero-order valence-corrected chi connectivity index (χ0v) is 13.6. The van der Waals surface area contributed by atoms with Gasteiger partial charge in [-0.3, -0.25) is 9.59 Å². The summed E-state index contributed by atoms with van der Waals surface area (Å²) in [6.07, 6.45) is 6.96. The molecule has 2 amide bonds. The van der Waals surface area contributed by atoms with Crippen molar-refractivity contribution in [2.45, 2.75) is 70.5 Å². The van der Waals surface area contributed by atoms with Crippen LogP contribution in [0.2, 0.25) is 0 Å². The SMILES string of the molecule is C[C@@H]1CCCC[C@@H]1NC(=O)[C@@H](C)[NH+](C)CC(=O)NC1CC1. The Balaban J connectivity index is 1.75. The molecule has 0 aromatic rings. The molecule has 120 valence electrons. The number of rotatable bonds is 6. The van der Waals surface area contributed by atoms with Crippen LogP contribution in [0.25, 0.3) is 0 Å². The number of amides is 2. The highest BCUT2D eigenvalue weighted by Gasteiger charge is 2.30. The fourth-order valence-electron chi connectivity index (χ4n) is 2.97. The van der Waals surface area contributed by atoms with Crippen molar-refractivity contribution >= 4 is 11.8 Å². The Kier molecular flexibility index (Phi) is 5.62. The van der Waals surface area contributed by atoms with Gasteiger partial charge in [-0.05, 0) is 38.5 Å². The van der Waals surface area contributed by atoms with Crippen LogP contribution in [0.5, 0.6) is 0 Å². The Morgan fingerprint density at radius 3 is 2.43 bits per heavy atom. The normalized spacial score (nSPS) is 28.5. The Morgan fingerprint density at radius 1 is 1.14 bits per heavy atom. The third-order valence-electron chi connectivity index (χ3n) is 4.95. The second-order valence-electron chi connectivity index (χ2n) is 6.96. The number of carbonyl (C=O) groups excluding carboxylic acids is 2. The second-order valence-corrected chi connectivity index (χ2v) is 6.96. The monoisotopic (exact) mass is 296 g/mol. The van der Waals surface area contributed by atoms with E-state index in [1.54, 1.807) is 0 Å². The summed E-state index contributed by atoms with van der Waals surface area (Å²) in [5, 5.41) is 6.16. The van der Waals surface area contributed by atoms with Gasteiger partial charge in [0.25, 0.3) is 11.8 Å². The van der Waals surface area contributed by atoms with E-state index in [-0.39, 0.29) is 17.9 Å². The maximum Gasteiger partial charge on any atom is 0.278 e. The van der Waals surface area contributed by atoms with Gasteiger partial charge in [0.2, 0.25) is 0 Å². The van der Waals surface area contributed by atoms with Gasteiger partial charge in [-0.1, -0.05) is 19.8 Å². The fourth-order valence-corrected chi connectivity index (χ4v) is 2.97. The highest BCUT2D eigenvalue weighted by Crippen LogP contribution is 2.23. The van der Waals surface area contributed by atoms with Gasteiger partial charge < -0.3 is 15.5 Å². The lowest BCUT2D eigenvalue weighted by Crippen LogP contribution is -3.15. The minimum atomic E-state index is -0.191. The number of likely N-dealkylation sites (N-methyl/N-ethyl adjacent to an activating group) is 1. The van der Waals surface area contributed by atoms with Crippen molar-refractivity contribution < 1.29 is 14.5 Å². The summed E-state index contributed by atoms with van der Waals surface area (Å²) in [7, 11) is 1.92. The average molecular weight is 296 g/mol. The largest absolute Gasteiger partial charge is 0.348 e. The summed E-state index contributed by atoms with van der Waals surface area (Å²) in [5.41, 5.74) is 0. The maximum absolute atomic E-state index is 12.4. The number of quaternary nitrogens is 1. The summed E-state index contributed by atoms with van der Waals surface area (Å²) in [5.74, 6) is 0.694. The predicted octanol–water partition coefficient (Wildman–Crippen LogP) is -0.137. The van der Waals surface area contributed by atoms with E-state index in [4.69, 9.17) is 0 Å². The Bertz CT molecular complexity index is 382. The van der Waals surface area contributed by atoms with Crippen molar-refractivity contribution in [2.24, 2.45) is 5.92 Å². The topological polar surface area (TPSA) is 62.6 Å². The molecule has 0 heterocycles. The number of hydrogen-bond donors (Lipinski definition) is 3. The van der Waals surface area contributed by atoms with Gasteiger partial charge in [-0.2, -0.15) is 0 Å². The molecule has 0 aromatic heterocycles. The molecular formula is C16H30N3O2+. The fraction of sp³-hybridized carbons (Fsp3) is 0.875. The molecule has 2 fully saturated rings. The van der Waals surface area contributed by atoms with Crippen molar-refractivity contribution in [1.82, 2.24) is 10.6 Å². The van der Waals surface area contributed by atoms with Crippen LogP contribution in [0.4, 0.5) is 0 Å². The predicted molar refractivity (Wildman–Crippen MR) is 81.9 cm³/mol. The first-order valence-corrected chi connectivity index (χ1v) is 8.39. The molecule has 0 spiro atoms.